The van der Waals surface area contributed by atoms with Gasteiger partial charge in [0.2, 0.25) is 5.91 Å². The van der Waals surface area contributed by atoms with Gasteiger partial charge in [-0.05, 0) is 24.0 Å². The molecule has 1 rings (SSSR count). The van der Waals surface area contributed by atoms with Crippen molar-refractivity contribution >= 4 is 11.6 Å². The molecular formula is C14H22N2O2. The summed E-state index contributed by atoms with van der Waals surface area (Å²) in [6.45, 7) is 6.39. The van der Waals surface area contributed by atoms with E-state index in [4.69, 9.17) is 10.5 Å². The Kier molecular flexibility index (Phi) is 5.31. The third kappa shape index (κ3) is 3.55. The monoisotopic (exact) mass is 250 g/mol. The molecule has 0 aromatic heterocycles. The van der Waals surface area contributed by atoms with Crippen LogP contribution in [0.1, 0.15) is 30.9 Å². The summed E-state index contributed by atoms with van der Waals surface area (Å²) >= 11 is 0. The maximum atomic E-state index is 11.9. The van der Waals surface area contributed by atoms with Gasteiger partial charge in [0.1, 0.15) is 6.04 Å². The number of rotatable bonds is 5. The van der Waals surface area contributed by atoms with Gasteiger partial charge in [0.25, 0.3) is 0 Å². The number of anilines is 1. The molecule has 0 bridgehead atoms. The molecule has 3 N–H and O–H groups in total. The average molecular weight is 250 g/mol. The molecule has 18 heavy (non-hydrogen) atoms. The van der Waals surface area contributed by atoms with Crippen LogP contribution in [0, 0.1) is 6.92 Å². The molecule has 1 unspecified atom stereocenters. The molecule has 100 valence electrons. The van der Waals surface area contributed by atoms with E-state index < -0.39 is 6.04 Å². The molecule has 1 aromatic carbocycles. The van der Waals surface area contributed by atoms with Crippen molar-refractivity contribution in [1.29, 1.82) is 0 Å². The van der Waals surface area contributed by atoms with Crippen LogP contribution in [0.3, 0.4) is 0 Å². The smallest absolute Gasteiger partial charge is 0.243 e. The summed E-state index contributed by atoms with van der Waals surface area (Å²) in [7, 11) is 1.53. The summed E-state index contributed by atoms with van der Waals surface area (Å²) in [6.07, 6.45) is 0. The van der Waals surface area contributed by atoms with Crippen molar-refractivity contribution in [2.45, 2.75) is 32.7 Å². The van der Waals surface area contributed by atoms with E-state index in [0.717, 1.165) is 16.8 Å². The van der Waals surface area contributed by atoms with E-state index in [1.54, 1.807) is 0 Å². The zero-order valence-corrected chi connectivity index (χ0v) is 11.5. The van der Waals surface area contributed by atoms with Gasteiger partial charge in [0.05, 0.1) is 6.61 Å². The van der Waals surface area contributed by atoms with E-state index in [9.17, 15) is 4.79 Å². The fraction of sp³-hybridized carbons (Fsp3) is 0.500. The van der Waals surface area contributed by atoms with Crippen LogP contribution < -0.4 is 11.1 Å². The Morgan fingerprint density at radius 1 is 1.44 bits per heavy atom. The van der Waals surface area contributed by atoms with Crippen LogP contribution in [0.25, 0.3) is 0 Å². The van der Waals surface area contributed by atoms with Gasteiger partial charge in [-0.15, -0.1) is 0 Å². The van der Waals surface area contributed by atoms with E-state index in [2.05, 4.69) is 19.2 Å². The Labute approximate surface area is 109 Å². The molecule has 1 atom stereocenters. The molecule has 0 spiro atoms. The Bertz CT molecular complexity index is 416. The maximum Gasteiger partial charge on any atom is 0.243 e. The quantitative estimate of drug-likeness (QED) is 0.840. The van der Waals surface area contributed by atoms with Crippen molar-refractivity contribution in [1.82, 2.24) is 0 Å². The summed E-state index contributed by atoms with van der Waals surface area (Å²) in [6, 6.07) is 5.35. The van der Waals surface area contributed by atoms with Gasteiger partial charge in [-0.3, -0.25) is 4.79 Å². The molecule has 1 aromatic rings. The average Bonchev–Trinajstić information content (AvgIpc) is 2.31. The number of para-hydroxylation sites is 1. The number of aryl methyl sites for hydroxylation is 1. The number of carbonyl (C=O) groups excluding carboxylic acids is 1. The van der Waals surface area contributed by atoms with Crippen molar-refractivity contribution in [2.24, 2.45) is 5.73 Å². The number of methoxy groups -OCH3 is 1. The lowest BCUT2D eigenvalue weighted by Crippen LogP contribution is -2.39. The highest BCUT2D eigenvalue weighted by atomic mass is 16.5. The van der Waals surface area contributed by atoms with Crippen molar-refractivity contribution in [3.63, 3.8) is 0 Å². The minimum absolute atomic E-state index is 0.215. The molecule has 0 saturated heterocycles. The largest absolute Gasteiger partial charge is 0.383 e. The Balaban J connectivity index is 2.93. The number of nitrogens with one attached hydrogen (secondary N) is 1. The van der Waals surface area contributed by atoms with Gasteiger partial charge in [-0.1, -0.05) is 32.0 Å². The maximum absolute atomic E-state index is 11.9. The van der Waals surface area contributed by atoms with E-state index in [0.29, 0.717) is 5.92 Å². The SMILES string of the molecule is COCC(N)C(=O)Nc1c(C)cccc1C(C)C. The summed E-state index contributed by atoms with van der Waals surface area (Å²) < 4.78 is 4.88. The number of hydrogen-bond acceptors (Lipinski definition) is 3. The molecule has 4 nitrogen and oxygen atoms in total. The first kappa shape index (κ1) is 14.7. The zero-order chi connectivity index (χ0) is 13.7. The van der Waals surface area contributed by atoms with E-state index in [-0.39, 0.29) is 12.5 Å². The Morgan fingerprint density at radius 2 is 2.11 bits per heavy atom. The Morgan fingerprint density at radius 3 is 2.67 bits per heavy atom. The second-order valence-corrected chi connectivity index (χ2v) is 4.74. The number of amides is 1. The minimum Gasteiger partial charge on any atom is -0.383 e. The molecule has 0 aliphatic carbocycles. The second kappa shape index (κ2) is 6.52. The van der Waals surface area contributed by atoms with Crippen LogP contribution in [0.4, 0.5) is 5.69 Å². The first-order valence-corrected chi connectivity index (χ1v) is 6.12. The number of carbonyl (C=O) groups is 1. The zero-order valence-electron chi connectivity index (χ0n) is 11.5. The lowest BCUT2D eigenvalue weighted by molar-refractivity contribution is -0.118. The van der Waals surface area contributed by atoms with Crippen molar-refractivity contribution in [2.75, 3.05) is 19.0 Å². The molecule has 0 aliphatic rings. The number of nitrogens with two attached hydrogens (primary N) is 1. The number of ether oxygens (including phenoxy) is 1. The fourth-order valence-corrected chi connectivity index (χ4v) is 1.81. The standard InChI is InChI=1S/C14H22N2O2/c1-9(2)11-7-5-6-10(3)13(11)16-14(17)12(15)8-18-4/h5-7,9,12H,8,15H2,1-4H3,(H,16,17). The second-order valence-electron chi connectivity index (χ2n) is 4.74. The van der Waals surface area contributed by atoms with Crippen LogP contribution >= 0.6 is 0 Å². The van der Waals surface area contributed by atoms with Crippen LogP contribution in [0.2, 0.25) is 0 Å². The van der Waals surface area contributed by atoms with Crippen molar-refractivity contribution < 1.29 is 9.53 Å². The molecular weight excluding hydrogens is 228 g/mol. The topological polar surface area (TPSA) is 64.3 Å². The van der Waals surface area contributed by atoms with Crippen molar-refractivity contribution in [3.8, 4) is 0 Å². The molecule has 0 fully saturated rings. The molecule has 0 radical (unpaired) electrons. The third-order valence-corrected chi connectivity index (χ3v) is 2.86. The number of benzene rings is 1. The van der Waals surface area contributed by atoms with Gasteiger partial charge < -0.3 is 15.8 Å². The summed E-state index contributed by atoms with van der Waals surface area (Å²) in [4.78, 5) is 11.9. The van der Waals surface area contributed by atoms with E-state index in [1.807, 2.05) is 25.1 Å². The van der Waals surface area contributed by atoms with Crippen LogP contribution in [-0.2, 0) is 9.53 Å². The predicted octanol–water partition coefficient (Wildman–Crippen LogP) is 2.03. The first-order chi connectivity index (χ1) is 8.47. The highest BCUT2D eigenvalue weighted by molar-refractivity contribution is 5.96. The third-order valence-electron chi connectivity index (χ3n) is 2.86. The van der Waals surface area contributed by atoms with Gasteiger partial charge in [0, 0.05) is 12.8 Å². The lowest BCUT2D eigenvalue weighted by Gasteiger charge is -2.18. The van der Waals surface area contributed by atoms with Gasteiger partial charge >= 0.3 is 0 Å². The molecule has 0 heterocycles. The normalized spacial score (nSPS) is 12.6. The van der Waals surface area contributed by atoms with Gasteiger partial charge in [0.15, 0.2) is 0 Å². The molecule has 1 amide bonds. The number of hydrogen-bond donors (Lipinski definition) is 2. The van der Waals surface area contributed by atoms with Gasteiger partial charge in [-0.2, -0.15) is 0 Å². The molecule has 0 aliphatic heterocycles. The minimum atomic E-state index is -0.644. The first-order valence-electron chi connectivity index (χ1n) is 6.12. The summed E-state index contributed by atoms with van der Waals surface area (Å²) in [5.74, 6) is 0.131. The highest BCUT2D eigenvalue weighted by Gasteiger charge is 2.16. The predicted molar refractivity (Wildman–Crippen MR) is 73.7 cm³/mol. The van der Waals surface area contributed by atoms with Crippen LogP contribution in [-0.4, -0.2) is 25.7 Å². The summed E-state index contributed by atoms with van der Waals surface area (Å²) in [5.41, 5.74) is 8.74. The van der Waals surface area contributed by atoms with Gasteiger partial charge in [-0.25, -0.2) is 0 Å². The lowest BCUT2D eigenvalue weighted by atomic mass is 9.98. The fourth-order valence-electron chi connectivity index (χ4n) is 1.81. The molecule has 0 saturated carbocycles. The molecule has 4 heteroatoms. The summed E-state index contributed by atoms with van der Waals surface area (Å²) in [5, 5.41) is 2.90. The van der Waals surface area contributed by atoms with E-state index in [1.165, 1.54) is 7.11 Å². The Hall–Kier alpha value is -1.39. The van der Waals surface area contributed by atoms with Crippen LogP contribution in [0.5, 0.6) is 0 Å². The van der Waals surface area contributed by atoms with E-state index >= 15 is 0 Å². The highest BCUT2D eigenvalue weighted by Crippen LogP contribution is 2.27. The van der Waals surface area contributed by atoms with Crippen molar-refractivity contribution in [3.05, 3.63) is 29.3 Å². The van der Waals surface area contributed by atoms with Crippen LogP contribution in [0.15, 0.2) is 18.2 Å².